The van der Waals surface area contributed by atoms with Crippen LogP contribution in [-0.2, 0) is 9.53 Å². The Balaban J connectivity index is 2.02. The first-order valence-corrected chi connectivity index (χ1v) is 6.70. The monoisotopic (exact) mass is 242 g/mol. The Labute approximate surface area is 105 Å². The van der Waals surface area contributed by atoms with E-state index in [2.05, 4.69) is 17.1 Å². The van der Waals surface area contributed by atoms with E-state index in [9.17, 15) is 4.79 Å². The van der Waals surface area contributed by atoms with Crippen LogP contribution in [0.2, 0.25) is 0 Å². The number of carbonyl (C=O) groups is 1. The van der Waals surface area contributed by atoms with Crippen LogP contribution in [0.3, 0.4) is 0 Å². The number of ether oxygens (including phenoxy) is 1. The van der Waals surface area contributed by atoms with Crippen molar-refractivity contribution in [3.8, 4) is 0 Å². The zero-order valence-corrected chi connectivity index (χ0v) is 11.2. The second kappa shape index (κ2) is 8.48. The van der Waals surface area contributed by atoms with Crippen LogP contribution in [0.4, 0.5) is 0 Å². The van der Waals surface area contributed by atoms with Gasteiger partial charge in [0.05, 0.1) is 0 Å². The lowest BCUT2D eigenvalue weighted by Crippen LogP contribution is -2.37. The lowest BCUT2D eigenvalue weighted by molar-refractivity contribution is -0.121. The molecule has 17 heavy (non-hydrogen) atoms. The van der Waals surface area contributed by atoms with Crippen LogP contribution in [0, 0.1) is 5.92 Å². The average Bonchev–Trinajstić information content (AvgIpc) is 2.32. The van der Waals surface area contributed by atoms with Crippen molar-refractivity contribution < 1.29 is 9.53 Å². The summed E-state index contributed by atoms with van der Waals surface area (Å²) in [5, 5.41) is 2.92. The topological polar surface area (TPSA) is 41.6 Å². The minimum atomic E-state index is 0.166. The molecule has 4 heteroatoms. The van der Waals surface area contributed by atoms with Crippen molar-refractivity contribution in [3.63, 3.8) is 0 Å². The van der Waals surface area contributed by atoms with E-state index in [1.54, 1.807) is 7.11 Å². The zero-order valence-electron chi connectivity index (χ0n) is 11.2. The summed E-state index contributed by atoms with van der Waals surface area (Å²) in [6.45, 7) is 6.93. The molecule has 0 aromatic rings. The number of hydrogen-bond acceptors (Lipinski definition) is 3. The third-order valence-corrected chi connectivity index (χ3v) is 3.24. The van der Waals surface area contributed by atoms with Gasteiger partial charge < -0.3 is 15.0 Å². The maximum atomic E-state index is 11.6. The molecule has 1 amide bonds. The first-order chi connectivity index (χ1) is 8.22. The van der Waals surface area contributed by atoms with E-state index in [4.69, 9.17) is 4.74 Å². The number of nitrogens with zero attached hydrogens (tertiary/aromatic N) is 1. The van der Waals surface area contributed by atoms with Gasteiger partial charge in [-0.1, -0.05) is 6.92 Å². The predicted octanol–water partition coefficient (Wildman–Crippen LogP) is 1.26. The highest BCUT2D eigenvalue weighted by molar-refractivity contribution is 5.75. The number of methoxy groups -OCH3 is 1. The Morgan fingerprint density at radius 2 is 2.35 bits per heavy atom. The molecule has 100 valence electrons. The SMILES string of the molecule is COCCCNC(=O)CCN1CCCC(C)C1. The van der Waals surface area contributed by atoms with E-state index in [0.29, 0.717) is 13.0 Å². The van der Waals surface area contributed by atoms with E-state index >= 15 is 0 Å². The van der Waals surface area contributed by atoms with E-state index in [1.807, 2.05) is 0 Å². The summed E-state index contributed by atoms with van der Waals surface area (Å²) in [7, 11) is 1.68. The molecule has 0 bridgehead atoms. The predicted molar refractivity (Wildman–Crippen MR) is 69.0 cm³/mol. The summed E-state index contributed by atoms with van der Waals surface area (Å²) in [5.74, 6) is 0.952. The highest BCUT2D eigenvalue weighted by Crippen LogP contribution is 2.15. The van der Waals surface area contributed by atoms with E-state index in [1.165, 1.54) is 12.8 Å². The van der Waals surface area contributed by atoms with Gasteiger partial charge in [-0.05, 0) is 31.7 Å². The third kappa shape index (κ3) is 6.64. The molecule has 0 aromatic heterocycles. The lowest BCUT2D eigenvalue weighted by atomic mass is 10.0. The fourth-order valence-electron chi connectivity index (χ4n) is 2.28. The summed E-state index contributed by atoms with van der Waals surface area (Å²) in [6.07, 6.45) is 4.12. The molecular weight excluding hydrogens is 216 g/mol. The third-order valence-electron chi connectivity index (χ3n) is 3.24. The van der Waals surface area contributed by atoms with Crippen LogP contribution in [0.25, 0.3) is 0 Å². The zero-order chi connectivity index (χ0) is 12.5. The van der Waals surface area contributed by atoms with Crippen LogP contribution in [0.1, 0.15) is 32.6 Å². The molecular formula is C13H26N2O2. The molecule has 1 unspecified atom stereocenters. The Morgan fingerprint density at radius 1 is 1.53 bits per heavy atom. The fourth-order valence-corrected chi connectivity index (χ4v) is 2.28. The number of amides is 1. The number of nitrogens with one attached hydrogen (secondary N) is 1. The van der Waals surface area contributed by atoms with Gasteiger partial charge in [0.1, 0.15) is 0 Å². The van der Waals surface area contributed by atoms with E-state index < -0.39 is 0 Å². The number of rotatable bonds is 7. The molecule has 4 nitrogen and oxygen atoms in total. The van der Waals surface area contributed by atoms with Crippen molar-refractivity contribution in [2.45, 2.75) is 32.6 Å². The van der Waals surface area contributed by atoms with E-state index in [0.717, 1.165) is 38.5 Å². The van der Waals surface area contributed by atoms with Gasteiger partial charge in [0.15, 0.2) is 0 Å². The van der Waals surface area contributed by atoms with Gasteiger partial charge in [-0.3, -0.25) is 4.79 Å². The van der Waals surface area contributed by atoms with Crippen molar-refractivity contribution >= 4 is 5.91 Å². The molecule has 0 saturated carbocycles. The minimum Gasteiger partial charge on any atom is -0.385 e. The standard InChI is InChI=1S/C13H26N2O2/c1-12-5-3-8-15(11-12)9-6-13(16)14-7-4-10-17-2/h12H,3-11H2,1-2H3,(H,14,16). The van der Waals surface area contributed by atoms with Gasteiger partial charge in [0.25, 0.3) is 0 Å². The highest BCUT2D eigenvalue weighted by atomic mass is 16.5. The van der Waals surface area contributed by atoms with Crippen molar-refractivity contribution in [2.24, 2.45) is 5.92 Å². The average molecular weight is 242 g/mol. The second-order valence-corrected chi connectivity index (χ2v) is 4.99. The molecule has 1 aliphatic heterocycles. The smallest absolute Gasteiger partial charge is 0.221 e. The molecule has 0 radical (unpaired) electrons. The summed E-state index contributed by atoms with van der Waals surface area (Å²) in [6, 6.07) is 0. The van der Waals surface area contributed by atoms with Gasteiger partial charge in [-0.2, -0.15) is 0 Å². The molecule has 0 spiro atoms. The van der Waals surface area contributed by atoms with Gasteiger partial charge >= 0.3 is 0 Å². The molecule has 1 N–H and O–H groups in total. The molecule has 1 heterocycles. The Morgan fingerprint density at radius 3 is 3.06 bits per heavy atom. The van der Waals surface area contributed by atoms with Crippen LogP contribution in [0.15, 0.2) is 0 Å². The maximum absolute atomic E-state index is 11.6. The Kier molecular flexibility index (Phi) is 7.21. The summed E-state index contributed by atoms with van der Waals surface area (Å²) in [5.41, 5.74) is 0. The largest absolute Gasteiger partial charge is 0.385 e. The summed E-state index contributed by atoms with van der Waals surface area (Å²) < 4.78 is 4.93. The fraction of sp³-hybridized carbons (Fsp3) is 0.923. The van der Waals surface area contributed by atoms with Crippen molar-refractivity contribution in [2.75, 3.05) is 39.9 Å². The number of hydrogen-bond donors (Lipinski definition) is 1. The lowest BCUT2D eigenvalue weighted by Gasteiger charge is -2.30. The van der Waals surface area contributed by atoms with Crippen molar-refractivity contribution in [3.05, 3.63) is 0 Å². The van der Waals surface area contributed by atoms with E-state index in [-0.39, 0.29) is 5.91 Å². The van der Waals surface area contributed by atoms with Gasteiger partial charge in [0.2, 0.25) is 5.91 Å². The van der Waals surface area contributed by atoms with Gasteiger partial charge in [-0.15, -0.1) is 0 Å². The number of likely N-dealkylation sites (tertiary alicyclic amines) is 1. The Bertz CT molecular complexity index is 221. The molecule has 0 aromatic carbocycles. The molecule has 1 saturated heterocycles. The molecule has 1 fully saturated rings. The van der Waals surface area contributed by atoms with Crippen molar-refractivity contribution in [1.82, 2.24) is 10.2 Å². The van der Waals surface area contributed by atoms with Crippen LogP contribution >= 0.6 is 0 Å². The second-order valence-electron chi connectivity index (χ2n) is 4.99. The van der Waals surface area contributed by atoms with Gasteiger partial charge in [-0.25, -0.2) is 0 Å². The first-order valence-electron chi connectivity index (χ1n) is 6.70. The number of piperidine rings is 1. The summed E-state index contributed by atoms with van der Waals surface area (Å²) >= 11 is 0. The van der Waals surface area contributed by atoms with Crippen LogP contribution < -0.4 is 5.32 Å². The molecule has 1 atom stereocenters. The molecule has 1 rings (SSSR count). The Hall–Kier alpha value is -0.610. The first kappa shape index (κ1) is 14.5. The summed E-state index contributed by atoms with van der Waals surface area (Å²) in [4.78, 5) is 14.0. The highest BCUT2D eigenvalue weighted by Gasteiger charge is 2.16. The van der Waals surface area contributed by atoms with Gasteiger partial charge in [0, 0.05) is 39.8 Å². The molecule has 0 aliphatic carbocycles. The number of carbonyl (C=O) groups excluding carboxylic acids is 1. The van der Waals surface area contributed by atoms with Crippen LogP contribution in [-0.4, -0.2) is 50.7 Å². The maximum Gasteiger partial charge on any atom is 0.221 e. The quantitative estimate of drug-likeness (QED) is 0.683. The van der Waals surface area contributed by atoms with Crippen molar-refractivity contribution in [1.29, 1.82) is 0 Å². The molecule has 1 aliphatic rings. The normalized spacial score (nSPS) is 21.4. The minimum absolute atomic E-state index is 0.166. The van der Waals surface area contributed by atoms with Crippen LogP contribution in [0.5, 0.6) is 0 Å².